The number of hydrogen-bond acceptors (Lipinski definition) is 8. The van der Waals surface area contributed by atoms with Gasteiger partial charge in [0.2, 0.25) is 12.7 Å². The molecule has 2 N–H and O–H groups in total. The molecule has 0 spiro atoms. The Kier molecular flexibility index (Phi) is 6.89. The monoisotopic (exact) mass is 568 g/mol. The number of aliphatic imine (C=N–C) groups is 1. The van der Waals surface area contributed by atoms with Crippen LogP contribution in [0.1, 0.15) is 41.4 Å². The molecule has 3 aliphatic rings. The van der Waals surface area contributed by atoms with Gasteiger partial charge in [0.25, 0.3) is 0 Å². The molecule has 1 aliphatic carbocycles. The lowest BCUT2D eigenvalue weighted by atomic mass is 9.74. The van der Waals surface area contributed by atoms with Crippen LogP contribution in [0, 0.1) is 5.92 Å². The summed E-state index contributed by atoms with van der Waals surface area (Å²) in [5.74, 6) is -0.378. The number of carboxylic acids is 1. The van der Waals surface area contributed by atoms with E-state index >= 15 is 0 Å². The first-order valence-corrected chi connectivity index (χ1v) is 13.5. The Labute approximate surface area is 241 Å². The van der Waals surface area contributed by atoms with Crippen LogP contribution < -0.4 is 19.5 Å². The van der Waals surface area contributed by atoms with Gasteiger partial charge in [0.05, 0.1) is 24.3 Å². The van der Waals surface area contributed by atoms with Crippen molar-refractivity contribution in [1.82, 2.24) is 5.32 Å². The number of ether oxygens (including phenoxy) is 3. The van der Waals surface area contributed by atoms with Crippen LogP contribution in [-0.4, -0.2) is 48.9 Å². The number of furan rings is 1. The van der Waals surface area contributed by atoms with E-state index in [9.17, 15) is 19.5 Å². The van der Waals surface area contributed by atoms with Crippen molar-refractivity contribution in [3.63, 3.8) is 0 Å². The van der Waals surface area contributed by atoms with Gasteiger partial charge < -0.3 is 29.1 Å². The molecule has 2 unspecified atom stereocenters. The first kappa shape index (κ1) is 27.1. The second kappa shape index (κ2) is 10.7. The lowest BCUT2D eigenvalue weighted by Gasteiger charge is -2.30. The number of fused-ring (bicyclic) bond motifs is 2. The van der Waals surface area contributed by atoms with E-state index in [2.05, 4.69) is 5.32 Å². The highest BCUT2D eigenvalue weighted by atomic mass is 16.7. The predicted molar refractivity (Wildman–Crippen MR) is 152 cm³/mol. The highest BCUT2D eigenvalue weighted by molar-refractivity contribution is 6.26. The maximum atomic E-state index is 14.0. The molecule has 2 atom stereocenters. The van der Waals surface area contributed by atoms with Gasteiger partial charge in [-0.2, -0.15) is 0 Å². The maximum absolute atomic E-state index is 14.0. The van der Waals surface area contributed by atoms with Gasteiger partial charge in [-0.05, 0) is 68.0 Å². The summed E-state index contributed by atoms with van der Waals surface area (Å²) in [6, 6.07) is 13.6. The van der Waals surface area contributed by atoms with E-state index < -0.39 is 17.8 Å². The van der Waals surface area contributed by atoms with E-state index in [0.717, 1.165) is 5.56 Å². The minimum atomic E-state index is -1.11. The molecule has 0 fully saturated rings. The number of nitrogens with one attached hydrogen (secondary N) is 1. The van der Waals surface area contributed by atoms with Gasteiger partial charge in [0.1, 0.15) is 17.3 Å². The third-order valence-corrected chi connectivity index (χ3v) is 7.66. The van der Waals surface area contributed by atoms with Crippen molar-refractivity contribution in [3.8, 4) is 28.6 Å². The number of amides is 1. The Balaban J connectivity index is 1.33. The molecule has 10 heteroatoms. The molecule has 6 rings (SSSR count). The summed E-state index contributed by atoms with van der Waals surface area (Å²) >= 11 is 0. The topological polar surface area (TPSA) is 137 Å². The molecule has 0 bridgehead atoms. The van der Waals surface area contributed by atoms with Gasteiger partial charge in [-0.3, -0.25) is 14.6 Å². The van der Waals surface area contributed by atoms with Crippen molar-refractivity contribution in [1.29, 1.82) is 0 Å². The Morgan fingerprint density at radius 3 is 2.64 bits per heavy atom. The molecule has 10 nitrogen and oxygen atoms in total. The maximum Gasteiger partial charge on any atom is 0.336 e. The zero-order valence-corrected chi connectivity index (χ0v) is 23.2. The molecule has 0 saturated heterocycles. The summed E-state index contributed by atoms with van der Waals surface area (Å²) in [4.78, 5) is 43.8. The van der Waals surface area contributed by atoms with Crippen molar-refractivity contribution < 1.29 is 38.1 Å². The largest absolute Gasteiger partial charge is 0.497 e. The summed E-state index contributed by atoms with van der Waals surface area (Å²) in [6.45, 7) is 4.15. The van der Waals surface area contributed by atoms with Crippen LogP contribution in [0.4, 0.5) is 0 Å². The third kappa shape index (κ3) is 4.64. The molecule has 1 aromatic heterocycles. The van der Waals surface area contributed by atoms with E-state index in [0.29, 0.717) is 63.4 Å². The van der Waals surface area contributed by atoms with Crippen molar-refractivity contribution >= 4 is 23.4 Å². The van der Waals surface area contributed by atoms with E-state index in [-0.39, 0.29) is 30.5 Å². The van der Waals surface area contributed by atoms with E-state index in [1.54, 1.807) is 43.3 Å². The predicted octanol–water partition coefficient (Wildman–Crippen LogP) is 4.70. The smallest absolute Gasteiger partial charge is 0.336 e. The molecule has 2 aromatic carbocycles. The first-order valence-electron chi connectivity index (χ1n) is 13.5. The van der Waals surface area contributed by atoms with Gasteiger partial charge in [0.15, 0.2) is 17.3 Å². The molecular weight excluding hydrogens is 540 g/mol. The minimum Gasteiger partial charge on any atom is -0.497 e. The molecule has 3 heterocycles. The van der Waals surface area contributed by atoms with Gasteiger partial charge in [-0.15, -0.1) is 0 Å². The lowest BCUT2D eigenvalue weighted by molar-refractivity contribution is -0.118. The number of ketones is 1. The first-order chi connectivity index (χ1) is 20.3. The number of carboxylic acid groups (broad SMARTS) is 1. The molecule has 3 aromatic rings. The number of Topliss-reactive ketones (excluding diaryl/α,β-unsaturated/α-hetero) is 1. The second-order valence-electron chi connectivity index (χ2n) is 10.2. The number of carbonyl (C=O) groups excluding carboxylic acids is 2. The highest BCUT2D eigenvalue weighted by Crippen LogP contribution is 2.46. The number of nitrogens with zero attached hydrogens (tertiary/aromatic N) is 1. The van der Waals surface area contributed by atoms with Crippen LogP contribution in [0.15, 0.2) is 80.9 Å². The van der Waals surface area contributed by atoms with E-state index in [4.69, 9.17) is 23.6 Å². The van der Waals surface area contributed by atoms with Crippen molar-refractivity contribution in [2.45, 2.75) is 26.2 Å². The fourth-order valence-corrected chi connectivity index (χ4v) is 5.76. The molecule has 0 radical (unpaired) electrons. The van der Waals surface area contributed by atoms with Crippen LogP contribution in [0.25, 0.3) is 11.3 Å². The van der Waals surface area contributed by atoms with Crippen LogP contribution in [0.2, 0.25) is 0 Å². The molecule has 2 aliphatic heterocycles. The third-order valence-electron chi connectivity index (χ3n) is 7.66. The summed E-state index contributed by atoms with van der Waals surface area (Å²) in [7, 11) is 1.47. The summed E-state index contributed by atoms with van der Waals surface area (Å²) in [5.41, 5.74) is 3.24. The summed E-state index contributed by atoms with van der Waals surface area (Å²) < 4.78 is 22.3. The zero-order valence-electron chi connectivity index (χ0n) is 23.2. The standard InChI is InChI=1S/C32H28N2O8/c1-4-33-31(36)27-16(2)34-23-12-18(30(35)29(23)28(27)17-5-9-25-26(13-17)41-15-40-25)11-20-7-10-24(42-20)21-8-6-19(39-3)14-22(21)32(37)38/h5-10,12-14,28-29H,4,11,15H2,1-3H3,(H,33,36)(H,37,38). The van der Waals surface area contributed by atoms with Gasteiger partial charge >= 0.3 is 5.97 Å². The normalized spacial score (nSPS) is 18.9. The average Bonchev–Trinajstić information content (AvgIpc) is 3.71. The van der Waals surface area contributed by atoms with Crippen LogP contribution in [0.3, 0.4) is 0 Å². The highest BCUT2D eigenvalue weighted by Gasteiger charge is 2.46. The molecular formula is C32H28N2O8. The Morgan fingerprint density at radius 1 is 1.07 bits per heavy atom. The number of allylic oxidation sites excluding steroid dienone is 3. The molecule has 42 heavy (non-hydrogen) atoms. The SMILES string of the molecule is CCNC(=O)C1=C(C)N=C2C=C(Cc3ccc(-c4ccc(OC)cc4C(=O)O)o3)C(=O)C2C1c1ccc2c(c1)OCO2. The van der Waals surface area contributed by atoms with Crippen LogP contribution in [0.5, 0.6) is 17.2 Å². The number of carbonyl (C=O) groups is 3. The Hall–Kier alpha value is -5.12. The Bertz CT molecular complexity index is 1730. The van der Waals surface area contributed by atoms with Crippen molar-refractivity contribution in [2.75, 3.05) is 20.4 Å². The number of rotatable bonds is 8. The molecule has 214 valence electrons. The van der Waals surface area contributed by atoms with Gasteiger partial charge in [0, 0.05) is 41.3 Å². The van der Waals surface area contributed by atoms with Crippen LogP contribution in [-0.2, 0) is 16.0 Å². The van der Waals surface area contributed by atoms with Crippen molar-refractivity contribution in [3.05, 3.63) is 88.3 Å². The summed E-state index contributed by atoms with van der Waals surface area (Å²) in [5, 5.41) is 12.6. The van der Waals surface area contributed by atoms with E-state index in [1.807, 2.05) is 19.1 Å². The fourth-order valence-electron chi connectivity index (χ4n) is 5.76. The van der Waals surface area contributed by atoms with Gasteiger partial charge in [-0.25, -0.2) is 4.79 Å². The number of methoxy groups -OCH3 is 1. The lowest BCUT2D eigenvalue weighted by Crippen LogP contribution is -2.36. The average molecular weight is 569 g/mol. The fraction of sp³-hybridized carbons (Fsp3) is 0.250. The van der Waals surface area contributed by atoms with Crippen molar-refractivity contribution in [2.24, 2.45) is 10.9 Å². The number of aromatic carboxylic acids is 1. The zero-order chi connectivity index (χ0) is 29.5. The Morgan fingerprint density at radius 2 is 1.88 bits per heavy atom. The van der Waals surface area contributed by atoms with Gasteiger partial charge in [-0.1, -0.05) is 6.07 Å². The van der Waals surface area contributed by atoms with Crippen LogP contribution >= 0.6 is 0 Å². The quantitative estimate of drug-likeness (QED) is 0.399. The number of likely N-dealkylation sites (N-methyl/N-ethyl adjacent to an activating group) is 1. The number of benzene rings is 2. The van der Waals surface area contributed by atoms with E-state index in [1.165, 1.54) is 13.2 Å². The minimum absolute atomic E-state index is 0.0396. The summed E-state index contributed by atoms with van der Waals surface area (Å²) in [6.07, 6.45) is 1.94. The number of hydrogen-bond donors (Lipinski definition) is 2. The molecule has 0 saturated carbocycles. The second-order valence-corrected chi connectivity index (χ2v) is 10.2. The molecule has 1 amide bonds.